The van der Waals surface area contributed by atoms with E-state index in [1.807, 2.05) is 0 Å². The van der Waals surface area contributed by atoms with Crippen molar-refractivity contribution in [1.29, 1.82) is 0 Å². The number of aliphatic hydroxyl groups is 3. The fourth-order valence-corrected chi connectivity index (χ4v) is 4.63. The van der Waals surface area contributed by atoms with Gasteiger partial charge in [0.05, 0.1) is 25.4 Å². The molecule has 0 aliphatic rings. The van der Waals surface area contributed by atoms with Crippen LogP contribution in [0, 0.1) is 0 Å². The second-order valence-corrected chi connectivity index (χ2v) is 8.40. The van der Waals surface area contributed by atoms with Gasteiger partial charge in [-0.15, -0.1) is 12.4 Å². The summed E-state index contributed by atoms with van der Waals surface area (Å²) in [4.78, 5) is 0. The fourth-order valence-electron chi connectivity index (χ4n) is 2.33. The molecule has 3 rings (SSSR count). The predicted octanol–water partition coefficient (Wildman–Crippen LogP) is 1.52. The van der Waals surface area contributed by atoms with Crippen LogP contribution in [0.3, 0.4) is 0 Å². The number of aliphatic hydroxyl groups excluding tert-OH is 3. The van der Waals surface area contributed by atoms with Gasteiger partial charge in [0.2, 0.25) is 0 Å². The summed E-state index contributed by atoms with van der Waals surface area (Å²) in [6.45, 7) is -1.21. The van der Waals surface area contributed by atoms with E-state index in [2.05, 4.69) is 91.0 Å². The summed E-state index contributed by atoms with van der Waals surface area (Å²) in [5, 5.41) is 29.2. The summed E-state index contributed by atoms with van der Waals surface area (Å²) in [7, 11) is -0.446. The second kappa shape index (κ2) is 14.8. The Hall–Kier alpha value is -1.16. The fraction of sp³-hybridized carbons (Fsp3) is 0.182. The molecule has 4 nitrogen and oxygen atoms in total. The minimum absolute atomic E-state index is 0. The number of halogens is 1. The second-order valence-electron chi connectivity index (χ2n) is 6.18. The van der Waals surface area contributed by atoms with Crippen molar-refractivity contribution in [2.45, 2.75) is 5.54 Å². The first-order valence-corrected chi connectivity index (χ1v) is 10.0. The van der Waals surface area contributed by atoms with Crippen LogP contribution in [0.25, 0.3) is 0 Å². The summed E-state index contributed by atoms with van der Waals surface area (Å²) in [6, 6.07) is 32.3. The average molecular weight is 521 g/mol. The maximum Gasteiger partial charge on any atom is 0.0856 e. The molecule has 0 saturated heterocycles. The molecule has 0 bridgehead atoms. The zero-order valence-electron chi connectivity index (χ0n) is 15.9. The van der Waals surface area contributed by atoms with Crippen molar-refractivity contribution >= 4 is 36.2 Å². The Bertz CT molecular complexity index is 676. The van der Waals surface area contributed by atoms with Crippen LogP contribution < -0.4 is 21.6 Å². The van der Waals surface area contributed by atoms with E-state index in [1.54, 1.807) is 0 Å². The summed E-state index contributed by atoms with van der Waals surface area (Å²) in [6.07, 6.45) is 0. The molecule has 0 spiro atoms. The van der Waals surface area contributed by atoms with E-state index in [4.69, 9.17) is 21.1 Å². The third-order valence-electron chi connectivity index (χ3n) is 3.99. The van der Waals surface area contributed by atoms with Crippen molar-refractivity contribution in [2.24, 2.45) is 5.73 Å². The minimum Gasteiger partial charge on any atom is -0.394 e. The molecule has 0 radical (unpaired) electrons. The van der Waals surface area contributed by atoms with Crippen molar-refractivity contribution in [1.82, 2.24) is 0 Å². The Balaban J connectivity index is 0.000000681. The van der Waals surface area contributed by atoms with Crippen LogP contribution in [0.15, 0.2) is 91.0 Å². The van der Waals surface area contributed by atoms with E-state index in [0.29, 0.717) is 0 Å². The molecular formula is C22H27ClNO3PRu. The molecule has 158 valence electrons. The zero-order valence-corrected chi connectivity index (χ0v) is 19.4. The maximum absolute atomic E-state index is 8.34. The van der Waals surface area contributed by atoms with Crippen LogP contribution in [-0.4, -0.2) is 40.7 Å². The maximum atomic E-state index is 8.34. The first-order chi connectivity index (χ1) is 13.1. The largest absolute Gasteiger partial charge is 0.394 e. The van der Waals surface area contributed by atoms with E-state index in [1.165, 1.54) is 15.9 Å². The number of rotatable bonds is 6. The molecule has 5 N–H and O–H groups in total. The Labute approximate surface area is 192 Å². The summed E-state index contributed by atoms with van der Waals surface area (Å²) in [5.41, 5.74) is 3.94. The SMILES string of the molecule is Cl.NC(CO)(CO)CO.[Ru].c1ccc(P(c2ccccc2)c2ccccc2)cc1. The molecule has 3 aromatic rings. The quantitative estimate of drug-likeness (QED) is 0.293. The van der Waals surface area contributed by atoms with Crippen molar-refractivity contribution in [3.63, 3.8) is 0 Å². The molecular weight excluding hydrogens is 494 g/mol. The molecule has 0 unspecified atom stereocenters. The predicted molar refractivity (Wildman–Crippen MR) is 121 cm³/mol. The van der Waals surface area contributed by atoms with Crippen LogP contribution >= 0.6 is 20.3 Å². The molecule has 0 aromatic heterocycles. The van der Waals surface area contributed by atoms with Crippen LogP contribution in [0.1, 0.15) is 0 Å². The van der Waals surface area contributed by atoms with Gasteiger partial charge in [0.15, 0.2) is 0 Å². The van der Waals surface area contributed by atoms with Gasteiger partial charge in [-0.05, 0) is 23.8 Å². The number of nitrogens with two attached hydrogens (primary N) is 1. The van der Waals surface area contributed by atoms with Crippen LogP contribution in [0.4, 0.5) is 0 Å². The van der Waals surface area contributed by atoms with Crippen molar-refractivity contribution in [2.75, 3.05) is 19.8 Å². The topological polar surface area (TPSA) is 86.7 Å². The van der Waals surface area contributed by atoms with Gasteiger partial charge < -0.3 is 21.1 Å². The minimum atomic E-state index is -1.21. The van der Waals surface area contributed by atoms with Gasteiger partial charge in [-0.1, -0.05) is 91.0 Å². The van der Waals surface area contributed by atoms with E-state index in [-0.39, 0.29) is 31.9 Å². The molecule has 7 heteroatoms. The van der Waals surface area contributed by atoms with E-state index < -0.39 is 33.3 Å². The van der Waals surface area contributed by atoms with Gasteiger partial charge in [-0.2, -0.15) is 0 Å². The van der Waals surface area contributed by atoms with Crippen LogP contribution in [0.2, 0.25) is 0 Å². The zero-order chi connectivity index (χ0) is 19.5. The van der Waals surface area contributed by atoms with Crippen molar-refractivity contribution in [3.05, 3.63) is 91.0 Å². The summed E-state index contributed by atoms with van der Waals surface area (Å²) in [5.74, 6) is 0. The van der Waals surface area contributed by atoms with Gasteiger partial charge in [-0.3, -0.25) is 0 Å². The standard InChI is InChI=1S/C18H15P.C4H11NO3.ClH.Ru/c1-4-10-16(11-5-1)19(17-12-6-2-7-13-17)18-14-8-3-9-15-18;5-4(1-6,2-7)3-8;;/h1-15H;6-8H,1-3,5H2;1H;. The van der Waals surface area contributed by atoms with E-state index >= 15 is 0 Å². The third-order valence-corrected chi connectivity index (χ3v) is 6.43. The van der Waals surface area contributed by atoms with Crippen LogP contribution in [-0.2, 0) is 19.5 Å². The molecule has 0 amide bonds. The molecule has 0 atom stereocenters. The molecule has 0 fully saturated rings. The normalized spacial score (nSPS) is 10.2. The molecule has 3 aromatic carbocycles. The van der Waals surface area contributed by atoms with E-state index in [9.17, 15) is 0 Å². The summed E-state index contributed by atoms with van der Waals surface area (Å²) >= 11 is 0. The average Bonchev–Trinajstić information content (AvgIpc) is 2.76. The first-order valence-electron chi connectivity index (χ1n) is 8.70. The molecule has 0 aliphatic carbocycles. The van der Waals surface area contributed by atoms with Gasteiger partial charge in [0, 0.05) is 19.5 Å². The molecule has 0 heterocycles. The summed E-state index contributed by atoms with van der Waals surface area (Å²) < 4.78 is 0. The van der Waals surface area contributed by atoms with Gasteiger partial charge in [0.1, 0.15) is 0 Å². The number of benzene rings is 3. The Morgan fingerprint density at radius 1 is 0.586 bits per heavy atom. The Morgan fingerprint density at radius 2 is 0.828 bits per heavy atom. The number of hydrogen-bond donors (Lipinski definition) is 4. The monoisotopic (exact) mass is 521 g/mol. The van der Waals surface area contributed by atoms with Crippen molar-refractivity contribution < 1.29 is 34.8 Å². The van der Waals surface area contributed by atoms with Gasteiger partial charge in [0.25, 0.3) is 0 Å². The Morgan fingerprint density at radius 3 is 1.00 bits per heavy atom. The number of hydrogen-bond acceptors (Lipinski definition) is 4. The smallest absolute Gasteiger partial charge is 0.0856 e. The van der Waals surface area contributed by atoms with E-state index in [0.717, 1.165) is 0 Å². The van der Waals surface area contributed by atoms with Crippen molar-refractivity contribution in [3.8, 4) is 0 Å². The third kappa shape index (κ3) is 8.62. The Kier molecular flexibility index (Phi) is 14.2. The molecule has 0 saturated carbocycles. The molecule has 29 heavy (non-hydrogen) atoms. The first kappa shape index (κ1) is 27.8. The van der Waals surface area contributed by atoms with Crippen LogP contribution in [0.5, 0.6) is 0 Å². The van der Waals surface area contributed by atoms with Gasteiger partial charge in [-0.25, -0.2) is 0 Å². The molecule has 0 aliphatic heterocycles. The van der Waals surface area contributed by atoms with Gasteiger partial charge >= 0.3 is 0 Å².